The first kappa shape index (κ1) is 15.1. The number of benzene rings is 1. The minimum Gasteiger partial charge on any atom is -0.493 e. The van der Waals surface area contributed by atoms with Crippen molar-refractivity contribution in [1.29, 1.82) is 0 Å². The molecular formula is C16H20N2O3S. The lowest BCUT2D eigenvalue weighted by molar-refractivity contribution is 0.164. The summed E-state index contributed by atoms with van der Waals surface area (Å²) in [7, 11) is 1.66. The molecule has 6 heteroatoms. The molecule has 22 heavy (non-hydrogen) atoms. The SMILES string of the molecule is COc1ccccc1OC1CCN(c2nc(CO)cs2)CC1. The fraction of sp³-hybridized carbons (Fsp3) is 0.438. The monoisotopic (exact) mass is 320 g/mol. The van der Waals surface area contributed by atoms with E-state index in [4.69, 9.17) is 14.6 Å². The van der Waals surface area contributed by atoms with Crippen molar-refractivity contribution in [3.05, 3.63) is 35.3 Å². The number of aliphatic hydroxyl groups excluding tert-OH is 1. The largest absolute Gasteiger partial charge is 0.493 e. The second-order valence-corrected chi connectivity index (χ2v) is 6.07. The first-order valence-corrected chi connectivity index (χ1v) is 8.28. The third kappa shape index (κ3) is 3.34. The summed E-state index contributed by atoms with van der Waals surface area (Å²) in [6, 6.07) is 7.75. The van der Waals surface area contributed by atoms with Crippen molar-refractivity contribution < 1.29 is 14.6 Å². The molecule has 2 heterocycles. The molecule has 1 aromatic heterocycles. The summed E-state index contributed by atoms with van der Waals surface area (Å²) >= 11 is 1.59. The topological polar surface area (TPSA) is 54.8 Å². The Morgan fingerprint density at radius 2 is 2.00 bits per heavy atom. The Bertz CT molecular complexity index is 609. The number of hydrogen-bond acceptors (Lipinski definition) is 6. The zero-order valence-electron chi connectivity index (χ0n) is 12.6. The van der Waals surface area contributed by atoms with Gasteiger partial charge in [0.1, 0.15) is 6.10 Å². The van der Waals surface area contributed by atoms with Crippen molar-refractivity contribution in [3.63, 3.8) is 0 Å². The Balaban J connectivity index is 1.57. The van der Waals surface area contributed by atoms with E-state index in [2.05, 4.69) is 9.88 Å². The maximum Gasteiger partial charge on any atom is 0.185 e. The van der Waals surface area contributed by atoms with Gasteiger partial charge in [0, 0.05) is 31.3 Å². The molecule has 0 spiro atoms. The Morgan fingerprint density at radius 1 is 1.27 bits per heavy atom. The molecular weight excluding hydrogens is 300 g/mol. The van der Waals surface area contributed by atoms with Crippen molar-refractivity contribution >= 4 is 16.5 Å². The molecule has 0 saturated carbocycles. The average Bonchev–Trinajstić information content (AvgIpc) is 3.05. The van der Waals surface area contributed by atoms with Gasteiger partial charge < -0.3 is 19.5 Å². The smallest absolute Gasteiger partial charge is 0.185 e. The number of piperidine rings is 1. The van der Waals surface area contributed by atoms with E-state index in [9.17, 15) is 0 Å². The molecule has 1 saturated heterocycles. The van der Waals surface area contributed by atoms with Crippen LogP contribution in [0.2, 0.25) is 0 Å². The van der Waals surface area contributed by atoms with Crippen LogP contribution in [0.15, 0.2) is 29.6 Å². The number of anilines is 1. The van der Waals surface area contributed by atoms with Crippen LogP contribution in [-0.4, -0.2) is 36.4 Å². The number of ether oxygens (including phenoxy) is 2. The lowest BCUT2D eigenvalue weighted by Crippen LogP contribution is -2.38. The third-order valence-corrected chi connectivity index (χ3v) is 4.73. The molecule has 118 valence electrons. The molecule has 2 aromatic rings. The maximum absolute atomic E-state index is 9.10. The van der Waals surface area contributed by atoms with E-state index < -0.39 is 0 Å². The van der Waals surface area contributed by atoms with E-state index in [1.807, 2.05) is 29.6 Å². The number of nitrogens with zero attached hydrogens (tertiary/aromatic N) is 2. The molecule has 1 aliphatic rings. The van der Waals surface area contributed by atoms with Gasteiger partial charge in [0.25, 0.3) is 0 Å². The van der Waals surface area contributed by atoms with E-state index in [0.717, 1.165) is 48.3 Å². The van der Waals surface area contributed by atoms with Crippen molar-refractivity contribution in [2.75, 3.05) is 25.1 Å². The summed E-state index contributed by atoms with van der Waals surface area (Å²) in [5, 5.41) is 12.0. The van der Waals surface area contributed by atoms with Gasteiger partial charge >= 0.3 is 0 Å². The predicted octanol–water partition coefficient (Wildman–Crippen LogP) is 2.69. The van der Waals surface area contributed by atoms with Crippen LogP contribution in [0.4, 0.5) is 5.13 Å². The van der Waals surface area contributed by atoms with E-state index >= 15 is 0 Å². The van der Waals surface area contributed by atoms with Crippen molar-refractivity contribution in [2.24, 2.45) is 0 Å². The number of rotatable bonds is 5. The normalized spacial score (nSPS) is 15.8. The molecule has 0 radical (unpaired) electrons. The van der Waals surface area contributed by atoms with Gasteiger partial charge in [0.05, 0.1) is 19.4 Å². The number of thiazole rings is 1. The van der Waals surface area contributed by atoms with E-state index in [1.165, 1.54) is 0 Å². The van der Waals surface area contributed by atoms with Gasteiger partial charge in [0.2, 0.25) is 0 Å². The third-order valence-electron chi connectivity index (χ3n) is 3.78. The van der Waals surface area contributed by atoms with Gasteiger partial charge in [-0.2, -0.15) is 0 Å². The van der Waals surface area contributed by atoms with Crippen molar-refractivity contribution in [1.82, 2.24) is 4.98 Å². The number of aliphatic hydroxyl groups is 1. The Morgan fingerprint density at radius 3 is 2.64 bits per heavy atom. The molecule has 3 rings (SSSR count). The van der Waals surface area contributed by atoms with Crippen LogP contribution in [0.1, 0.15) is 18.5 Å². The highest BCUT2D eigenvalue weighted by Gasteiger charge is 2.23. The second kappa shape index (κ2) is 6.98. The van der Waals surface area contributed by atoms with E-state index in [1.54, 1.807) is 18.4 Å². The molecule has 0 unspecified atom stereocenters. The summed E-state index contributed by atoms with van der Waals surface area (Å²) in [6.07, 6.45) is 2.10. The lowest BCUT2D eigenvalue weighted by atomic mass is 10.1. The fourth-order valence-corrected chi connectivity index (χ4v) is 3.45. The van der Waals surface area contributed by atoms with Crippen molar-refractivity contribution in [3.8, 4) is 11.5 Å². The fourth-order valence-electron chi connectivity index (χ4n) is 2.57. The zero-order chi connectivity index (χ0) is 15.4. The minimum atomic E-state index is 0.00385. The predicted molar refractivity (Wildman–Crippen MR) is 86.9 cm³/mol. The molecule has 5 nitrogen and oxygen atoms in total. The van der Waals surface area contributed by atoms with Crippen LogP contribution in [0.25, 0.3) is 0 Å². The summed E-state index contributed by atoms with van der Waals surface area (Å²) in [5.74, 6) is 1.58. The first-order chi connectivity index (χ1) is 10.8. The Labute approximate surface area is 134 Å². The summed E-state index contributed by atoms with van der Waals surface area (Å²) in [6.45, 7) is 1.83. The number of methoxy groups -OCH3 is 1. The molecule has 0 aliphatic carbocycles. The van der Waals surface area contributed by atoms with Gasteiger partial charge in [-0.3, -0.25) is 0 Å². The second-order valence-electron chi connectivity index (χ2n) is 5.23. The number of aromatic nitrogens is 1. The minimum absolute atomic E-state index is 0.00385. The number of hydrogen-bond donors (Lipinski definition) is 1. The zero-order valence-corrected chi connectivity index (χ0v) is 13.4. The van der Waals surface area contributed by atoms with Crippen LogP contribution < -0.4 is 14.4 Å². The number of para-hydroxylation sites is 2. The Hall–Kier alpha value is -1.79. The van der Waals surface area contributed by atoms with Crippen LogP contribution in [-0.2, 0) is 6.61 Å². The molecule has 0 amide bonds. The molecule has 0 bridgehead atoms. The summed E-state index contributed by atoms with van der Waals surface area (Å²) in [5.41, 5.74) is 0.743. The molecule has 1 aliphatic heterocycles. The van der Waals surface area contributed by atoms with Gasteiger partial charge in [0.15, 0.2) is 16.6 Å². The summed E-state index contributed by atoms with van der Waals surface area (Å²) < 4.78 is 11.4. The van der Waals surface area contributed by atoms with Gasteiger partial charge in [-0.25, -0.2) is 4.98 Å². The average molecular weight is 320 g/mol. The van der Waals surface area contributed by atoms with E-state index in [-0.39, 0.29) is 12.7 Å². The highest BCUT2D eigenvalue weighted by atomic mass is 32.1. The molecule has 0 atom stereocenters. The Kier molecular flexibility index (Phi) is 4.80. The van der Waals surface area contributed by atoms with Crippen molar-refractivity contribution in [2.45, 2.75) is 25.6 Å². The molecule has 1 N–H and O–H groups in total. The van der Waals surface area contributed by atoms with Gasteiger partial charge in [-0.05, 0) is 12.1 Å². The molecule has 1 aromatic carbocycles. The molecule has 1 fully saturated rings. The lowest BCUT2D eigenvalue weighted by Gasteiger charge is -2.32. The van der Waals surface area contributed by atoms with Crippen LogP contribution in [0, 0.1) is 0 Å². The van der Waals surface area contributed by atoms with Gasteiger partial charge in [-0.15, -0.1) is 11.3 Å². The van der Waals surface area contributed by atoms with Crippen LogP contribution in [0.5, 0.6) is 11.5 Å². The highest BCUT2D eigenvalue weighted by molar-refractivity contribution is 7.13. The first-order valence-electron chi connectivity index (χ1n) is 7.40. The van der Waals surface area contributed by atoms with E-state index in [0.29, 0.717) is 0 Å². The van der Waals surface area contributed by atoms with Crippen LogP contribution in [0.3, 0.4) is 0 Å². The quantitative estimate of drug-likeness (QED) is 0.918. The van der Waals surface area contributed by atoms with Gasteiger partial charge in [-0.1, -0.05) is 12.1 Å². The highest BCUT2D eigenvalue weighted by Crippen LogP contribution is 2.30. The van der Waals surface area contributed by atoms with Crippen LogP contribution >= 0.6 is 11.3 Å². The maximum atomic E-state index is 9.10. The standard InChI is InChI=1S/C16H20N2O3S/c1-20-14-4-2-3-5-15(14)21-13-6-8-18(9-7-13)16-17-12(10-19)11-22-16/h2-5,11,13,19H,6-10H2,1H3. The summed E-state index contributed by atoms with van der Waals surface area (Å²) in [4.78, 5) is 6.68.